The third-order valence-corrected chi connectivity index (χ3v) is 3.42. The van der Waals surface area contributed by atoms with Gasteiger partial charge >= 0.3 is 5.76 Å². The number of H-pyrrole nitrogens is 1. The second kappa shape index (κ2) is 4.74. The summed E-state index contributed by atoms with van der Waals surface area (Å²) < 4.78 is 5.04. The van der Waals surface area contributed by atoms with Gasteiger partial charge in [-0.2, -0.15) is 0 Å². The third kappa shape index (κ3) is 2.30. The van der Waals surface area contributed by atoms with Crippen LogP contribution in [0.15, 0.2) is 45.4 Å². The van der Waals surface area contributed by atoms with Crippen molar-refractivity contribution in [3.63, 3.8) is 0 Å². The number of aromatic nitrogens is 2. The van der Waals surface area contributed by atoms with Gasteiger partial charge in [-0.25, -0.2) is 9.78 Å². The number of nitrogens with zero attached hydrogens (tertiary/aromatic N) is 1. The summed E-state index contributed by atoms with van der Waals surface area (Å²) in [5.41, 5.74) is 2.99. The van der Waals surface area contributed by atoms with Crippen molar-refractivity contribution in [1.29, 1.82) is 0 Å². The van der Waals surface area contributed by atoms with Gasteiger partial charge in [0.25, 0.3) is 0 Å². The van der Waals surface area contributed by atoms with E-state index < -0.39 is 5.76 Å². The van der Waals surface area contributed by atoms with Crippen LogP contribution in [0.1, 0.15) is 0 Å². The van der Waals surface area contributed by atoms with E-state index in [0.717, 1.165) is 16.4 Å². The number of oxazole rings is 1. The van der Waals surface area contributed by atoms with Crippen LogP contribution in [0.25, 0.3) is 22.4 Å². The number of thiazole rings is 1. The first kappa shape index (κ1) is 11.7. The van der Waals surface area contributed by atoms with E-state index in [9.17, 15) is 4.79 Å². The van der Waals surface area contributed by atoms with Gasteiger partial charge in [-0.3, -0.25) is 4.98 Å². The summed E-state index contributed by atoms with van der Waals surface area (Å²) in [6, 6.07) is 5.52. The Kier molecular flexibility index (Phi) is 2.92. The first-order chi connectivity index (χ1) is 9.26. The summed E-state index contributed by atoms with van der Waals surface area (Å²) in [5, 5.41) is 5.93. The first-order valence-corrected chi connectivity index (χ1v) is 6.58. The monoisotopic (exact) mass is 273 g/mol. The molecule has 1 aromatic carbocycles. The maximum atomic E-state index is 11.1. The molecule has 0 saturated carbocycles. The maximum absolute atomic E-state index is 11.1. The Hall–Kier alpha value is -2.34. The molecule has 0 amide bonds. The number of anilines is 1. The molecule has 5 nitrogen and oxygen atoms in total. The maximum Gasteiger partial charge on any atom is 0.417 e. The fourth-order valence-corrected chi connectivity index (χ4v) is 2.48. The lowest BCUT2D eigenvalue weighted by Gasteiger charge is -1.97. The van der Waals surface area contributed by atoms with E-state index in [2.05, 4.69) is 21.9 Å². The molecule has 0 atom stereocenters. The number of hydrogen-bond donors (Lipinski definition) is 2. The molecule has 0 aliphatic carbocycles. The van der Waals surface area contributed by atoms with Gasteiger partial charge in [-0.05, 0) is 12.1 Å². The Morgan fingerprint density at radius 1 is 1.53 bits per heavy atom. The number of aromatic amines is 1. The van der Waals surface area contributed by atoms with Crippen LogP contribution in [-0.4, -0.2) is 16.5 Å². The van der Waals surface area contributed by atoms with E-state index in [1.165, 1.54) is 11.3 Å². The Balaban J connectivity index is 1.96. The molecule has 0 aliphatic heterocycles. The highest BCUT2D eigenvalue weighted by molar-refractivity contribution is 7.14. The molecule has 19 heavy (non-hydrogen) atoms. The zero-order chi connectivity index (χ0) is 13.2. The fourth-order valence-electron chi connectivity index (χ4n) is 1.75. The predicted octanol–water partition coefficient (Wildman–Crippen LogP) is 2.84. The highest BCUT2D eigenvalue weighted by Crippen LogP contribution is 2.26. The normalized spacial score (nSPS) is 10.7. The summed E-state index contributed by atoms with van der Waals surface area (Å²) in [7, 11) is 0. The van der Waals surface area contributed by atoms with E-state index in [1.54, 1.807) is 12.1 Å². The Bertz CT molecular complexity index is 784. The van der Waals surface area contributed by atoms with Crippen molar-refractivity contribution in [2.75, 3.05) is 11.9 Å². The quantitative estimate of drug-likeness (QED) is 0.717. The standard InChI is InChI=1S/C13H11N3O2S/c1-2-5-14-12-15-10(7-19-12)8-3-4-9-11(6-8)18-13(17)16-9/h2-4,6-7H,1,5H2,(H,14,15)(H,16,17). The highest BCUT2D eigenvalue weighted by atomic mass is 32.1. The van der Waals surface area contributed by atoms with Gasteiger partial charge in [0.2, 0.25) is 0 Å². The minimum Gasteiger partial charge on any atom is -0.408 e. The molecule has 0 radical (unpaired) electrons. The average molecular weight is 273 g/mol. The second-order valence-corrected chi connectivity index (χ2v) is 4.79. The van der Waals surface area contributed by atoms with Crippen LogP contribution in [0.5, 0.6) is 0 Å². The van der Waals surface area contributed by atoms with Crippen molar-refractivity contribution in [1.82, 2.24) is 9.97 Å². The number of hydrogen-bond acceptors (Lipinski definition) is 5. The number of nitrogens with one attached hydrogen (secondary N) is 2. The molecule has 0 aliphatic rings. The minimum atomic E-state index is -0.446. The largest absolute Gasteiger partial charge is 0.417 e. The van der Waals surface area contributed by atoms with E-state index in [-0.39, 0.29) is 0 Å². The van der Waals surface area contributed by atoms with Crippen molar-refractivity contribution in [3.05, 3.63) is 46.8 Å². The van der Waals surface area contributed by atoms with Gasteiger partial charge in [0.05, 0.1) is 11.2 Å². The lowest BCUT2D eigenvalue weighted by Crippen LogP contribution is -1.96. The average Bonchev–Trinajstić information content (AvgIpc) is 3.00. The Morgan fingerprint density at radius 3 is 3.26 bits per heavy atom. The van der Waals surface area contributed by atoms with Gasteiger partial charge in [-0.15, -0.1) is 17.9 Å². The van der Waals surface area contributed by atoms with Crippen LogP contribution >= 0.6 is 11.3 Å². The zero-order valence-electron chi connectivity index (χ0n) is 9.97. The van der Waals surface area contributed by atoms with E-state index >= 15 is 0 Å². The minimum absolute atomic E-state index is 0.446. The molecule has 0 unspecified atom stereocenters. The van der Waals surface area contributed by atoms with E-state index in [1.807, 2.05) is 17.5 Å². The van der Waals surface area contributed by atoms with Crippen LogP contribution in [0, 0.1) is 0 Å². The first-order valence-electron chi connectivity index (χ1n) is 5.70. The molecular weight excluding hydrogens is 262 g/mol. The summed E-state index contributed by atoms with van der Waals surface area (Å²) in [4.78, 5) is 18.2. The summed E-state index contributed by atoms with van der Waals surface area (Å²) in [6.07, 6.45) is 1.78. The summed E-state index contributed by atoms with van der Waals surface area (Å²) in [6.45, 7) is 4.33. The van der Waals surface area contributed by atoms with Gasteiger partial charge in [0.1, 0.15) is 0 Å². The fraction of sp³-hybridized carbons (Fsp3) is 0.0769. The number of rotatable bonds is 4. The van der Waals surface area contributed by atoms with Crippen molar-refractivity contribution in [3.8, 4) is 11.3 Å². The van der Waals surface area contributed by atoms with Crippen molar-refractivity contribution in [2.24, 2.45) is 0 Å². The lowest BCUT2D eigenvalue weighted by atomic mass is 10.1. The molecule has 6 heteroatoms. The molecule has 96 valence electrons. The topological polar surface area (TPSA) is 70.9 Å². The zero-order valence-corrected chi connectivity index (χ0v) is 10.8. The highest BCUT2D eigenvalue weighted by Gasteiger charge is 2.07. The van der Waals surface area contributed by atoms with Crippen LogP contribution in [0.3, 0.4) is 0 Å². The van der Waals surface area contributed by atoms with Crippen molar-refractivity contribution < 1.29 is 4.42 Å². The second-order valence-electron chi connectivity index (χ2n) is 3.93. The summed E-state index contributed by atoms with van der Waals surface area (Å²) >= 11 is 1.52. The van der Waals surface area contributed by atoms with Crippen molar-refractivity contribution >= 4 is 27.6 Å². The van der Waals surface area contributed by atoms with E-state index in [4.69, 9.17) is 4.42 Å². The van der Waals surface area contributed by atoms with Crippen LogP contribution in [-0.2, 0) is 0 Å². The molecular formula is C13H11N3O2S. The molecule has 0 saturated heterocycles. The Labute approximate surface area is 112 Å². The molecule has 0 bridgehead atoms. The molecule has 3 rings (SSSR count). The molecule has 2 heterocycles. The van der Waals surface area contributed by atoms with Crippen LogP contribution in [0.2, 0.25) is 0 Å². The Morgan fingerprint density at radius 2 is 2.42 bits per heavy atom. The van der Waals surface area contributed by atoms with Crippen molar-refractivity contribution in [2.45, 2.75) is 0 Å². The molecule has 2 aromatic heterocycles. The molecule has 0 spiro atoms. The van der Waals surface area contributed by atoms with Gasteiger partial charge < -0.3 is 9.73 Å². The number of benzene rings is 1. The van der Waals surface area contributed by atoms with Crippen LogP contribution in [0.4, 0.5) is 5.13 Å². The van der Waals surface area contributed by atoms with Gasteiger partial charge in [0.15, 0.2) is 10.7 Å². The van der Waals surface area contributed by atoms with Crippen LogP contribution < -0.4 is 11.1 Å². The van der Waals surface area contributed by atoms with E-state index in [0.29, 0.717) is 17.6 Å². The van der Waals surface area contributed by atoms with Gasteiger partial charge in [-0.1, -0.05) is 12.1 Å². The lowest BCUT2D eigenvalue weighted by molar-refractivity contribution is 0.555. The molecule has 3 aromatic rings. The third-order valence-electron chi connectivity index (χ3n) is 2.62. The smallest absolute Gasteiger partial charge is 0.408 e. The SMILES string of the molecule is C=CCNc1nc(-c2ccc3[nH]c(=O)oc3c2)cs1. The predicted molar refractivity (Wildman–Crippen MR) is 76.6 cm³/mol. The molecule has 0 fully saturated rings. The molecule has 2 N–H and O–H groups in total. The number of fused-ring (bicyclic) bond motifs is 1. The van der Waals surface area contributed by atoms with Gasteiger partial charge in [0, 0.05) is 17.5 Å². The summed E-state index contributed by atoms with van der Waals surface area (Å²) in [5.74, 6) is -0.446.